The number of ether oxygens (including phenoxy) is 2. The predicted molar refractivity (Wildman–Crippen MR) is 129 cm³/mol. The van der Waals surface area contributed by atoms with Gasteiger partial charge >= 0.3 is 5.97 Å². The van der Waals surface area contributed by atoms with Crippen LogP contribution in [0.15, 0.2) is 48.7 Å². The van der Waals surface area contributed by atoms with Gasteiger partial charge in [0.05, 0.1) is 19.6 Å². The first-order valence-corrected chi connectivity index (χ1v) is 10.9. The highest BCUT2D eigenvalue weighted by Crippen LogP contribution is 2.30. The normalized spacial score (nSPS) is 12.5. The van der Waals surface area contributed by atoms with Gasteiger partial charge in [-0.15, -0.1) is 0 Å². The molecule has 1 atom stereocenters. The molecule has 0 spiro atoms. The van der Waals surface area contributed by atoms with E-state index >= 15 is 0 Å². The van der Waals surface area contributed by atoms with Gasteiger partial charge in [-0.2, -0.15) is 0 Å². The number of anilines is 1. The molecule has 0 aliphatic heterocycles. The van der Waals surface area contributed by atoms with E-state index in [-0.39, 0.29) is 18.1 Å². The monoisotopic (exact) mass is 480 g/mol. The molecule has 184 valence electrons. The molecule has 0 radical (unpaired) electrons. The zero-order chi connectivity index (χ0) is 25.8. The molecule has 1 aromatic heterocycles. The van der Waals surface area contributed by atoms with E-state index in [4.69, 9.17) is 15.2 Å². The van der Waals surface area contributed by atoms with E-state index < -0.39 is 17.3 Å². The van der Waals surface area contributed by atoms with Crippen molar-refractivity contribution in [2.75, 3.05) is 19.5 Å². The van der Waals surface area contributed by atoms with Crippen LogP contribution in [0.1, 0.15) is 46.1 Å². The third kappa shape index (κ3) is 5.26. The molecule has 2 amide bonds. The third-order valence-corrected chi connectivity index (χ3v) is 5.85. The van der Waals surface area contributed by atoms with Crippen molar-refractivity contribution >= 4 is 23.5 Å². The summed E-state index contributed by atoms with van der Waals surface area (Å²) >= 11 is 0. The molecule has 0 aliphatic carbocycles. The number of aromatic carboxylic acids is 1. The zero-order valence-electron chi connectivity index (χ0n) is 20.0. The number of carboxylic acids is 1. The molecule has 4 N–H and O–H groups in total. The van der Waals surface area contributed by atoms with Crippen LogP contribution in [0.5, 0.6) is 11.5 Å². The highest BCUT2D eigenvalue weighted by atomic mass is 16.5. The number of imidazole rings is 1. The standard InChI is InChI=1S/C25H28N4O6/c1-5-21-28-18(23(31)32)13-29(21)14-25(2,24(26)33)16-7-9-17(10-8-16)27-22(30)15-6-11-19(34-3)20(12-15)35-4/h6-13H,5,14H2,1-4H3,(H2,26,33)(H,27,30)(H,31,32). The number of aromatic nitrogens is 2. The van der Waals surface area contributed by atoms with Gasteiger partial charge in [0.1, 0.15) is 5.82 Å². The van der Waals surface area contributed by atoms with Crippen molar-refractivity contribution in [2.45, 2.75) is 32.2 Å². The number of aryl methyl sites for hydroxylation is 1. The fourth-order valence-corrected chi connectivity index (χ4v) is 3.73. The number of nitrogens with zero attached hydrogens (tertiary/aromatic N) is 2. The molecule has 10 heteroatoms. The summed E-state index contributed by atoms with van der Waals surface area (Å²) in [4.78, 5) is 40.7. The summed E-state index contributed by atoms with van der Waals surface area (Å²) in [6, 6.07) is 11.6. The van der Waals surface area contributed by atoms with Crippen LogP contribution in [0.2, 0.25) is 0 Å². The van der Waals surface area contributed by atoms with Crippen molar-refractivity contribution in [1.82, 2.24) is 9.55 Å². The first kappa shape index (κ1) is 25.3. The summed E-state index contributed by atoms with van der Waals surface area (Å²) in [7, 11) is 3.00. The molecule has 3 aromatic rings. The van der Waals surface area contributed by atoms with Gasteiger partial charge in [0, 0.05) is 30.4 Å². The van der Waals surface area contributed by atoms with Crippen LogP contribution in [0, 0.1) is 0 Å². The highest BCUT2D eigenvalue weighted by molar-refractivity contribution is 6.04. The Kier molecular flexibility index (Phi) is 7.43. The number of hydrogen-bond donors (Lipinski definition) is 3. The Morgan fingerprint density at radius 2 is 1.74 bits per heavy atom. The van der Waals surface area contributed by atoms with Gasteiger partial charge in [-0.05, 0) is 42.8 Å². The number of nitrogens with one attached hydrogen (secondary N) is 1. The summed E-state index contributed by atoms with van der Waals surface area (Å²) in [5.74, 6) is -0.582. The summed E-state index contributed by atoms with van der Waals surface area (Å²) in [6.07, 6.45) is 1.89. The van der Waals surface area contributed by atoms with Crippen molar-refractivity contribution in [2.24, 2.45) is 5.73 Å². The third-order valence-electron chi connectivity index (χ3n) is 5.85. The van der Waals surface area contributed by atoms with Crippen molar-refractivity contribution in [3.05, 3.63) is 71.3 Å². The van der Waals surface area contributed by atoms with Crippen LogP contribution in [0.4, 0.5) is 5.69 Å². The van der Waals surface area contributed by atoms with Crippen LogP contribution in [-0.4, -0.2) is 46.7 Å². The average molecular weight is 481 g/mol. The number of nitrogens with two attached hydrogens (primary N) is 1. The van der Waals surface area contributed by atoms with Gasteiger partial charge in [-0.1, -0.05) is 19.1 Å². The SMILES string of the molecule is CCc1nc(C(=O)O)cn1CC(C)(C(N)=O)c1ccc(NC(=O)c2ccc(OC)c(OC)c2)cc1. The Bertz CT molecular complexity index is 1250. The van der Waals surface area contributed by atoms with Crippen LogP contribution in [0.3, 0.4) is 0 Å². The van der Waals surface area contributed by atoms with Crippen LogP contribution in [-0.2, 0) is 23.2 Å². The van der Waals surface area contributed by atoms with Gasteiger partial charge in [0.25, 0.3) is 5.91 Å². The van der Waals surface area contributed by atoms with Gasteiger partial charge in [-0.25, -0.2) is 9.78 Å². The lowest BCUT2D eigenvalue weighted by Gasteiger charge is -2.28. The number of primary amides is 1. The molecule has 1 heterocycles. The van der Waals surface area contributed by atoms with Crippen molar-refractivity contribution in [1.29, 1.82) is 0 Å². The lowest BCUT2D eigenvalue weighted by Crippen LogP contribution is -2.42. The Morgan fingerprint density at radius 3 is 2.29 bits per heavy atom. The molecule has 0 saturated carbocycles. The molecule has 0 saturated heterocycles. The number of benzene rings is 2. The highest BCUT2D eigenvalue weighted by Gasteiger charge is 2.35. The van der Waals surface area contributed by atoms with Crippen molar-refractivity contribution in [3.8, 4) is 11.5 Å². The summed E-state index contributed by atoms with van der Waals surface area (Å²) < 4.78 is 12.1. The van der Waals surface area contributed by atoms with E-state index in [1.54, 1.807) is 54.0 Å². The predicted octanol–water partition coefficient (Wildman–Crippen LogP) is 2.86. The Labute approximate surface area is 202 Å². The number of hydrogen-bond acceptors (Lipinski definition) is 6. The lowest BCUT2D eigenvalue weighted by molar-refractivity contribution is -0.123. The molecule has 10 nitrogen and oxygen atoms in total. The van der Waals surface area contributed by atoms with E-state index in [0.717, 1.165) is 0 Å². The molecule has 1 unspecified atom stereocenters. The van der Waals surface area contributed by atoms with Crippen LogP contribution < -0.4 is 20.5 Å². The second-order valence-electron chi connectivity index (χ2n) is 8.13. The summed E-state index contributed by atoms with van der Waals surface area (Å²) in [5.41, 5.74) is 6.05. The number of carbonyl (C=O) groups excluding carboxylic acids is 2. The molecule has 3 rings (SSSR count). The summed E-state index contributed by atoms with van der Waals surface area (Å²) in [5, 5.41) is 12.1. The molecule has 0 aliphatic rings. The van der Waals surface area contributed by atoms with Gasteiger partial charge < -0.3 is 30.2 Å². The molecule has 0 bridgehead atoms. The maximum atomic E-state index is 12.7. The fourth-order valence-electron chi connectivity index (χ4n) is 3.73. The maximum Gasteiger partial charge on any atom is 0.356 e. The number of rotatable bonds is 10. The molecular weight excluding hydrogens is 452 g/mol. The average Bonchev–Trinajstić information content (AvgIpc) is 3.26. The summed E-state index contributed by atoms with van der Waals surface area (Å²) in [6.45, 7) is 3.65. The van der Waals surface area contributed by atoms with E-state index in [1.807, 2.05) is 6.92 Å². The molecule has 35 heavy (non-hydrogen) atoms. The van der Waals surface area contributed by atoms with E-state index in [0.29, 0.717) is 40.6 Å². The Morgan fingerprint density at radius 1 is 1.09 bits per heavy atom. The van der Waals surface area contributed by atoms with E-state index in [9.17, 15) is 19.5 Å². The lowest BCUT2D eigenvalue weighted by atomic mass is 9.81. The minimum absolute atomic E-state index is 0.0955. The van der Waals surface area contributed by atoms with Crippen molar-refractivity contribution < 1.29 is 29.0 Å². The van der Waals surface area contributed by atoms with Crippen LogP contribution in [0.25, 0.3) is 0 Å². The van der Waals surface area contributed by atoms with Gasteiger partial charge in [0.2, 0.25) is 5.91 Å². The van der Waals surface area contributed by atoms with Gasteiger partial charge in [0.15, 0.2) is 17.2 Å². The number of carbonyl (C=O) groups is 3. The fraction of sp³-hybridized carbons (Fsp3) is 0.280. The molecule has 0 fully saturated rings. The Hall–Kier alpha value is -4.34. The van der Waals surface area contributed by atoms with Gasteiger partial charge in [-0.3, -0.25) is 9.59 Å². The maximum absolute atomic E-state index is 12.7. The smallest absolute Gasteiger partial charge is 0.356 e. The zero-order valence-corrected chi connectivity index (χ0v) is 20.0. The Balaban J connectivity index is 1.83. The minimum Gasteiger partial charge on any atom is -0.493 e. The number of methoxy groups -OCH3 is 2. The van der Waals surface area contributed by atoms with Crippen LogP contribution >= 0.6 is 0 Å². The first-order valence-electron chi connectivity index (χ1n) is 10.9. The largest absolute Gasteiger partial charge is 0.493 e. The second kappa shape index (κ2) is 10.3. The van der Waals surface area contributed by atoms with E-state index in [2.05, 4.69) is 10.3 Å². The molecule has 2 aromatic carbocycles. The number of carboxylic acid groups (broad SMARTS) is 1. The minimum atomic E-state index is -1.15. The first-order chi connectivity index (χ1) is 16.6. The van der Waals surface area contributed by atoms with Crippen molar-refractivity contribution in [3.63, 3.8) is 0 Å². The topological polar surface area (TPSA) is 146 Å². The molecular formula is C25H28N4O6. The number of amides is 2. The quantitative estimate of drug-likeness (QED) is 0.404. The second-order valence-corrected chi connectivity index (χ2v) is 8.13. The van der Waals surface area contributed by atoms with E-state index in [1.165, 1.54) is 20.4 Å².